The summed E-state index contributed by atoms with van der Waals surface area (Å²) in [5.74, 6) is 0. The van der Waals surface area contributed by atoms with Gasteiger partial charge in [-0.25, -0.2) is 4.39 Å². The number of hydrogen-bond donors (Lipinski definition) is 2. The van der Waals surface area contributed by atoms with Gasteiger partial charge in [-0.3, -0.25) is 0 Å². The van der Waals surface area contributed by atoms with Crippen LogP contribution in [-0.2, 0) is 6.54 Å². The molecule has 1 aliphatic rings. The molecule has 0 radical (unpaired) electrons. The van der Waals surface area contributed by atoms with Crippen LogP contribution < -0.4 is 10.6 Å². The van der Waals surface area contributed by atoms with Crippen molar-refractivity contribution >= 4 is 0 Å². The quantitative estimate of drug-likeness (QED) is 0.786. The molecule has 3 heteroatoms. The maximum absolute atomic E-state index is 13.4. The van der Waals surface area contributed by atoms with Crippen molar-refractivity contribution in [1.82, 2.24) is 10.6 Å². The van der Waals surface area contributed by atoms with Gasteiger partial charge in [0.25, 0.3) is 0 Å². The molecule has 1 saturated heterocycles. The molecule has 82 valence electrons. The summed E-state index contributed by atoms with van der Waals surface area (Å²) in [6, 6.07) is 10.1. The average Bonchev–Trinajstić information content (AvgIpc) is 2.29. The molecule has 2 nitrogen and oxygen atoms in total. The molecule has 1 fully saturated rings. The van der Waals surface area contributed by atoms with Gasteiger partial charge < -0.3 is 10.6 Å². The molecule has 1 heterocycles. The van der Waals surface area contributed by atoms with Crippen molar-refractivity contribution in [2.75, 3.05) is 13.1 Å². The van der Waals surface area contributed by atoms with E-state index in [0.717, 1.165) is 19.5 Å². The van der Waals surface area contributed by atoms with Crippen molar-refractivity contribution in [3.05, 3.63) is 35.9 Å². The number of halogens is 1. The molecule has 1 aromatic carbocycles. The Kier molecular flexibility index (Phi) is 3.69. The summed E-state index contributed by atoms with van der Waals surface area (Å²) < 4.78 is 13.4. The number of benzene rings is 1. The van der Waals surface area contributed by atoms with E-state index in [1.54, 1.807) is 0 Å². The van der Waals surface area contributed by atoms with Crippen LogP contribution in [0.2, 0.25) is 0 Å². The molecular weight excluding hydrogens is 191 g/mol. The van der Waals surface area contributed by atoms with Gasteiger partial charge in [-0.1, -0.05) is 30.3 Å². The van der Waals surface area contributed by atoms with Crippen molar-refractivity contribution in [2.24, 2.45) is 0 Å². The van der Waals surface area contributed by atoms with Gasteiger partial charge in [0, 0.05) is 19.1 Å². The predicted octanol–water partition coefficient (Wildman–Crippen LogP) is 1.48. The number of nitrogens with one attached hydrogen (secondary N) is 2. The fraction of sp³-hybridized carbons (Fsp3) is 0.500. The second-order valence-electron chi connectivity index (χ2n) is 3.98. The third-order valence-electron chi connectivity index (χ3n) is 2.82. The predicted molar refractivity (Wildman–Crippen MR) is 59.5 cm³/mol. The van der Waals surface area contributed by atoms with Crippen LogP contribution >= 0.6 is 0 Å². The standard InChI is InChI=1S/C12H17FN2/c13-11-9-14-7-6-12(11)15-8-10-4-2-1-3-5-10/h1-5,11-12,14-15H,6-9H2. The second kappa shape index (κ2) is 5.24. The topological polar surface area (TPSA) is 24.1 Å². The Morgan fingerprint density at radius 1 is 1.33 bits per heavy atom. The van der Waals surface area contributed by atoms with E-state index in [1.807, 2.05) is 18.2 Å². The van der Waals surface area contributed by atoms with Crippen molar-refractivity contribution in [1.29, 1.82) is 0 Å². The van der Waals surface area contributed by atoms with Crippen LogP contribution in [0, 0.1) is 0 Å². The van der Waals surface area contributed by atoms with Gasteiger partial charge in [-0.05, 0) is 18.5 Å². The largest absolute Gasteiger partial charge is 0.314 e. The second-order valence-corrected chi connectivity index (χ2v) is 3.98. The molecule has 2 rings (SSSR count). The maximum atomic E-state index is 13.4. The number of piperidine rings is 1. The summed E-state index contributed by atoms with van der Waals surface area (Å²) in [6.45, 7) is 2.14. The molecule has 2 atom stereocenters. The van der Waals surface area contributed by atoms with Crippen LogP contribution in [0.3, 0.4) is 0 Å². The zero-order valence-corrected chi connectivity index (χ0v) is 8.75. The maximum Gasteiger partial charge on any atom is 0.128 e. The number of alkyl halides is 1. The first kappa shape index (κ1) is 10.6. The molecule has 1 aromatic rings. The van der Waals surface area contributed by atoms with Gasteiger partial charge in [0.15, 0.2) is 0 Å². The van der Waals surface area contributed by atoms with Crippen molar-refractivity contribution < 1.29 is 4.39 Å². The molecule has 0 saturated carbocycles. The summed E-state index contributed by atoms with van der Waals surface area (Å²) >= 11 is 0. The minimum atomic E-state index is -0.762. The highest BCUT2D eigenvalue weighted by molar-refractivity contribution is 5.14. The number of rotatable bonds is 3. The molecule has 0 aromatic heterocycles. The average molecular weight is 208 g/mol. The Labute approximate surface area is 89.9 Å². The molecule has 0 bridgehead atoms. The van der Waals surface area contributed by atoms with Crippen LogP contribution in [0.25, 0.3) is 0 Å². The zero-order valence-electron chi connectivity index (χ0n) is 8.75. The van der Waals surface area contributed by atoms with E-state index < -0.39 is 6.17 Å². The summed E-state index contributed by atoms with van der Waals surface area (Å²) in [4.78, 5) is 0. The number of hydrogen-bond acceptors (Lipinski definition) is 2. The first-order chi connectivity index (χ1) is 7.36. The normalized spacial score (nSPS) is 26.5. The lowest BCUT2D eigenvalue weighted by Crippen LogP contribution is -2.48. The zero-order chi connectivity index (χ0) is 10.5. The lowest BCUT2D eigenvalue weighted by Gasteiger charge is -2.27. The van der Waals surface area contributed by atoms with Crippen LogP contribution in [0.5, 0.6) is 0 Å². The van der Waals surface area contributed by atoms with E-state index in [9.17, 15) is 4.39 Å². The molecule has 1 aliphatic heterocycles. The smallest absolute Gasteiger partial charge is 0.128 e. The summed E-state index contributed by atoms with van der Waals surface area (Å²) in [5.41, 5.74) is 1.21. The highest BCUT2D eigenvalue weighted by atomic mass is 19.1. The lowest BCUT2D eigenvalue weighted by atomic mass is 10.0. The fourth-order valence-corrected chi connectivity index (χ4v) is 1.90. The summed E-state index contributed by atoms with van der Waals surface area (Å²) in [6.07, 6.45) is 0.107. The van der Waals surface area contributed by atoms with E-state index >= 15 is 0 Å². The summed E-state index contributed by atoms with van der Waals surface area (Å²) in [7, 11) is 0. The van der Waals surface area contributed by atoms with Gasteiger partial charge in [0.05, 0.1) is 0 Å². The van der Waals surface area contributed by atoms with E-state index in [0.29, 0.717) is 6.54 Å². The van der Waals surface area contributed by atoms with Gasteiger partial charge in [0.1, 0.15) is 6.17 Å². The molecule has 2 N–H and O–H groups in total. The van der Waals surface area contributed by atoms with Gasteiger partial charge in [-0.15, -0.1) is 0 Å². The van der Waals surface area contributed by atoms with Crippen LogP contribution in [0.15, 0.2) is 30.3 Å². The third-order valence-corrected chi connectivity index (χ3v) is 2.82. The molecule has 2 unspecified atom stereocenters. The SMILES string of the molecule is FC1CNCCC1NCc1ccccc1. The monoisotopic (exact) mass is 208 g/mol. The molecule has 15 heavy (non-hydrogen) atoms. The van der Waals surface area contributed by atoms with Gasteiger partial charge >= 0.3 is 0 Å². The Morgan fingerprint density at radius 3 is 2.87 bits per heavy atom. The first-order valence-corrected chi connectivity index (χ1v) is 5.48. The van der Waals surface area contributed by atoms with E-state index in [4.69, 9.17) is 0 Å². The van der Waals surface area contributed by atoms with Crippen molar-refractivity contribution in [3.8, 4) is 0 Å². The van der Waals surface area contributed by atoms with Crippen LogP contribution in [-0.4, -0.2) is 25.3 Å². The highest BCUT2D eigenvalue weighted by Crippen LogP contribution is 2.08. The first-order valence-electron chi connectivity index (χ1n) is 5.48. The Bertz CT molecular complexity index is 289. The Hall–Kier alpha value is -0.930. The van der Waals surface area contributed by atoms with E-state index in [-0.39, 0.29) is 6.04 Å². The minimum absolute atomic E-state index is 0.00598. The lowest BCUT2D eigenvalue weighted by molar-refractivity contribution is 0.202. The van der Waals surface area contributed by atoms with Gasteiger partial charge in [-0.2, -0.15) is 0 Å². The molecule has 0 amide bonds. The molecular formula is C12H17FN2. The Morgan fingerprint density at radius 2 is 2.13 bits per heavy atom. The van der Waals surface area contributed by atoms with Gasteiger partial charge in [0.2, 0.25) is 0 Å². The Balaban J connectivity index is 1.82. The third kappa shape index (κ3) is 3.01. The fourth-order valence-electron chi connectivity index (χ4n) is 1.90. The van der Waals surface area contributed by atoms with E-state index in [1.165, 1.54) is 5.56 Å². The van der Waals surface area contributed by atoms with E-state index in [2.05, 4.69) is 22.8 Å². The summed E-state index contributed by atoms with van der Waals surface area (Å²) in [5, 5.41) is 6.32. The van der Waals surface area contributed by atoms with Crippen molar-refractivity contribution in [2.45, 2.75) is 25.2 Å². The van der Waals surface area contributed by atoms with Crippen LogP contribution in [0.4, 0.5) is 4.39 Å². The van der Waals surface area contributed by atoms with Crippen molar-refractivity contribution in [3.63, 3.8) is 0 Å². The van der Waals surface area contributed by atoms with Crippen LogP contribution in [0.1, 0.15) is 12.0 Å². The molecule has 0 aliphatic carbocycles. The highest BCUT2D eigenvalue weighted by Gasteiger charge is 2.23. The minimum Gasteiger partial charge on any atom is -0.314 e. The molecule has 0 spiro atoms.